The molecule has 4 heteroatoms. The molecule has 1 saturated heterocycles. The van der Waals surface area contributed by atoms with E-state index in [0.29, 0.717) is 0 Å². The van der Waals surface area contributed by atoms with Crippen LogP contribution in [0.2, 0.25) is 0 Å². The van der Waals surface area contributed by atoms with E-state index in [0.717, 1.165) is 19.7 Å². The third kappa shape index (κ3) is 5.47. The van der Waals surface area contributed by atoms with Gasteiger partial charge in [0, 0.05) is 53.0 Å². The Balaban J connectivity index is 1.99. The van der Waals surface area contributed by atoms with Crippen molar-refractivity contribution >= 4 is 0 Å². The van der Waals surface area contributed by atoms with Crippen molar-refractivity contribution in [1.29, 1.82) is 0 Å². The second kappa shape index (κ2) is 8.05. The number of hydrogen-bond acceptors (Lipinski definition) is 4. The van der Waals surface area contributed by atoms with Crippen LogP contribution in [-0.4, -0.2) is 69.3 Å². The molecular weight excluding hydrogens is 190 g/mol. The number of rotatable bonds is 7. The summed E-state index contributed by atoms with van der Waals surface area (Å²) >= 11 is 0. The molecule has 90 valence electrons. The summed E-state index contributed by atoms with van der Waals surface area (Å²) in [5.74, 6) is 0. The van der Waals surface area contributed by atoms with Crippen molar-refractivity contribution < 1.29 is 4.74 Å². The van der Waals surface area contributed by atoms with Crippen LogP contribution < -0.4 is 5.73 Å². The van der Waals surface area contributed by atoms with Gasteiger partial charge in [0.25, 0.3) is 0 Å². The van der Waals surface area contributed by atoms with Gasteiger partial charge in [-0.2, -0.15) is 0 Å². The fourth-order valence-electron chi connectivity index (χ4n) is 2.00. The lowest BCUT2D eigenvalue weighted by Crippen LogP contribution is -2.47. The van der Waals surface area contributed by atoms with E-state index in [1.165, 1.54) is 45.6 Å². The number of hydrogen-bond donors (Lipinski definition) is 1. The van der Waals surface area contributed by atoms with Gasteiger partial charge in [-0.15, -0.1) is 0 Å². The summed E-state index contributed by atoms with van der Waals surface area (Å²) in [7, 11) is 1.77. The molecule has 1 aliphatic rings. The fourth-order valence-corrected chi connectivity index (χ4v) is 2.00. The molecular formula is C11H25N3O. The second-order valence-corrected chi connectivity index (χ2v) is 4.17. The number of piperazine rings is 1. The second-order valence-electron chi connectivity index (χ2n) is 4.17. The molecule has 0 amide bonds. The first-order valence-corrected chi connectivity index (χ1v) is 6.00. The first-order valence-electron chi connectivity index (χ1n) is 6.00. The Hall–Kier alpha value is -0.160. The Morgan fingerprint density at radius 3 is 2.13 bits per heavy atom. The summed E-state index contributed by atoms with van der Waals surface area (Å²) in [6, 6.07) is 0. The van der Waals surface area contributed by atoms with Crippen molar-refractivity contribution in [1.82, 2.24) is 9.80 Å². The molecule has 1 aliphatic heterocycles. The van der Waals surface area contributed by atoms with Crippen LogP contribution in [0.3, 0.4) is 0 Å². The maximum Gasteiger partial charge on any atom is 0.0462 e. The number of nitrogens with two attached hydrogens (primary N) is 1. The molecule has 1 rings (SSSR count). The van der Waals surface area contributed by atoms with Crippen molar-refractivity contribution in [3.05, 3.63) is 0 Å². The molecule has 0 aromatic rings. The Bertz CT molecular complexity index is 144. The van der Waals surface area contributed by atoms with E-state index in [-0.39, 0.29) is 0 Å². The molecule has 0 aliphatic carbocycles. The molecule has 0 saturated carbocycles. The van der Waals surface area contributed by atoms with Crippen molar-refractivity contribution in [3.8, 4) is 0 Å². The molecule has 2 N–H and O–H groups in total. The van der Waals surface area contributed by atoms with Crippen molar-refractivity contribution in [2.24, 2.45) is 5.73 Å². The SMILES string of the molecule is COCCCCN1CCN(CCN)CC1. The molecule has 0 aromatic carbocycles. The van der Waals surface area contributed by atoms with Gasteiger partial charge in [0.2, 0.25) is 0 Å². The van der Waals surface area contributed by atoms with Gasteiger partial charge >= 0.3 is 0 Å². The summed E-state index contributed by atoms with van der Waals surface area (Å²) < 4.78 is 5.04. The van der Waals surface area contributed by atoms with Crippen molar-refractivity contribution in [2.45, 2.75) is 12.8 Å². The molecule has 0 aromatic heterocycles. The summed E-state index contributed by atoms with van der Waals surface area (Å²) in [5, 5.41) is 0. The summed E-state index contributed by atoms with van der Waals surface area (Å²) in [4.78, 5) is 4.99. The zero-order chi connectivity index (χ0) is 10.9. The van der Waals surface area contributed by atoms with Crippen LogP contribution in [0.1, 0.15) is 12.8 Å². The minimum absolute atomic E-state index is 0.786. The van der Waals surface area contributed by atoms with Gasteiger partial charge in [0.05, 0.1) is 0 Å². The zero-order valence-corrected chi connectivity index (χ0v) is 9.95. The third-order valence-corrected chi connectivity index (χ3v) is 2.98. The van der Waals surface area contributed by atoms with Gasteiger partial charge in [-0.05, 0) is 19.4 Å². The van der Waals surface area contributed by atoms with Crippen molar-refractivity contribution in [2.75, 3.05) is 59.5 Å². The highest BCUT2D eigenvalue weighted by atomic mass is 16.5. The van der Waals surface area contributed by atoms with E-state index in [1.807, 2.05) is 0 Å². The topological polar surface area (TPSA) is 41.7 Å². The maximum atomic E-state index is 5.54. The normalized spacial score (nSPS) is 19.6. The smallest absolute Gasteiger partial charge is 0.0462 e. The van der Waals surface area contributed by atoms with E-state index in [4.69, 9.17) is 10.5 Å². The minimum atomic E-state index is 0.786. The molecule has 0 spiro atoms. The first kappa shape index (κ1) is 12.9. The molecule has 0 bridgehead atoms. The van der Waals surface area contributed by atoms with E-state index in [1.54, 1.807) is 7.11 Å². The quantitative estimate of drug-likeness (QED) is 0.607. The predicted molar refractivity (Wildman–Crippen MR) is 63.0 cm³/mol. The lowest BCUT2D eigenvalue weighted by Gasteiger charge is -2.34. The molecule has 1 heterocycles. The Morgan fingerprint density at radius 2 is 1.60 bits per heavy atom. The van der Waals surface area contributed by atoms with Crippen LogP contribution in [0.5, 0.6) is 0 Å². The van der Waals surface area contributed by atoms with Crippen molar-refractivity contribution in [3.63, 3.8) is 0 Å². The monoisotopic (exact) mass is 215 g/mol. The summed E-state index contributed by atoms with van der Waals surface area (Å²) in [5.41, 5.74) is 5.54. The van der Waals surface area contributed by atoms with Crippen LogP contribution >= 0.6 is 0 Å². The molecule has 15 heavy (non-hydrogen) atoms. The zero-order valence-electron chi connectivity index (χ0n) is 9.95. The molecule has 0 atom stereocenters. The van der Waals surface area contributed by atoms with Gasteiger partial charge in [0.1, 0.15) is 0 Å². The van der Waals surface area contributed by atoms with Gasteiger partial charge in [-0.3, -0.25) is 4.90 Å². The van der Waals surface area contributed by atoms with Crippen LogP contribution in [0, 0.1) is 0 Å². The average molecular weight is 215 g/mol. The van der Waals surface area contributed by atoms with E-state index < -0.39 is 0 Å². The van der Waals surface area contributed by atoms with Crippen LogP contribution in [0.25, 0.3) is 0 Å². The van der Waals surface area contributed by atoms with E-state index >= 15 is 0 Å². The number of unbranched alkanes of at least 4 members (excludes halogenated alkanes) is 1. The van der Waals surface area contributed by atoms with E-state index in [9.17, 15) is 0 Å². The summed E-state index contributed by atoms with van der Waals surface area (Å²) in [6.07, 6.45) is 2.43. The van der Waals surface area contributed by atoms with Crippen LogP contribution in [0.4, 0.5) is 0 Å². The standard InChI is InChI=1S/C11H25N3O/c1-15-11-3-2-5-13-7-9-14(6-4-12)10-8-13/h2-12H2,1H3. The highest BCUT2D eigenvalue weighted by Gasteiger charge is 2.14. The fraction of sp³-hybridized carbons (Fsp3) is 1.00. The lowest BCUT2D eigenvalue weighted by atomic mass is 10.2. The van der Waals surface area contributed by atoms with Gasteiger partial charge in [0.15, 0.2) is 0 Å². The number of nitrogens with zero attached hydrogens (tertiary/aromatic N) is 2. The highest BCUT2D eigenvalue weighted by molar-refractivity contribution is 4.71. The third-order valence-electron chi connectivity index (χ3n) is 2.98. The highest BCUT2D eigenvalue weighted by Crippen LogP contribution is 2.02. The van der Waals surface area contributed by atoms with Crippen LogP contribution in [0.15, 0.2) is 0 Å². The Kier molecular flexibility index (Phi) is 6.92. The minimum Gasteiger partial charge on any atom is -0.385 e. The van der Waals surface area contributed by atoms with Gasteiger partial charge in [-0.1, -0.05) is 0 Å². The van der Waals surface area contributed by atoms with Crippen LogP contribution in [-0.2, 0) is 4.74 Å². The van der Waals surface area contributed by atoms with Gasteiger partial charge in [-0.25, -0.2) is 0 Å². The first-order chi connectivity index (χ1) is 7.36. The number of ether oxygens (including phenoxy) is 1. The molecule has 4 nitrogen and oxygen atoms in total. The Morgan fingerprint density at radius 1 is 1.00 bits per heavy atom. The molecule has 1 fully saturated rings. The largest absolute Gasteiger partial charge is 0.385 e. The predicted octanol–water partition coefficient (Wildman–Crippen LogP) is -0.0107. The van der Waals surface area contributed by atoms with Gasteiger partial charge < -0.3 is 15.4 Å². The number of methoxy groups -OCH3 is 1. The van der Waals surface area contributed by atoms with E-state index in [2.05, 4.69) is 9.80 Å². The summed E-state index contributed by atoms with van der Waals surface area (Å²) in [6.45, 7) is 8.72. The Labute approximate surface area is 93.4 Å². The molecule has 0 unspecified atom stereocenters. The maximum absolute atomic E-state index is 5.54. The lowest BCUT2D eigenvalue weighted by molar-refractivity contribution is 0.128. The molecule has 0 radical (unpaired) electrons. The average Bonchev–Trinajstić information content (AvgIpc) is 2.27.